The number of hydrogen-bond acceptors (Lipinski definition) is 3. The molecule has 3 nitrogen and oxygen atoms in total. The fourth-order valence-electron chi connectivity index (χ4n) is 1.72. The Bertz CT molecular complexity index is 643. The molecule has 0 fully saturated rings. The number of carbonyl (C=O) groups excluding carboxylic acids is 2. The van der Waals surface area contributed by atoms with Gasteiger partial charge < -0.3 is 5.32 Å². The van der Waals surface area contributed by atoms with Crippen LogP contribution < -0.4 is 5.32 Å². The minimum atomic E-state index is -0.175. The van der Waals surface area contributed by atoms with Crippen LogP contribution in [0.3, 0.4) is 0 Å². The summed E-state index contributed by atoms with van der Waals surface area (Å²) in [6.45, 7) is 5.47. The maximum Gasteiger partial charge on any atom is 0.265 e. The fraction of sp³-hybridized carbons (Fsp3) is 0.200. The number of hydrogen-bond donors (Lipinski definition) is 1. The molecule has 0 bridgehead atoms. The van der Waals surface area contributed by atoms with Gasteiger partial charge in [-0.2, -0.15) is 0 Å². The third kappa shape index (κ3) is 2.90. The van der Waals surface area contributed by atoms with Gasteiger partial charge in [0.2, 0.25) is 0 Å². The van der Waals surface area contributed by atoms with E-state index in [1.54, 1.807) is 12.1 Å². The molecule has 1 heterocycles. The van der Waals surface area contributed by atoms with Gasteiger partial charge in [0.15, 0.2) is 5.78 Å². The molecule has 1 aromatic carbocycles. The summed E-state index contributed by atoms with van der Waals surface area (Å²) in [4.78, 5) is 24.5. The van der Waals surface area contributed by atoms with Crippen molar-refractivity contribution in [3.63, 3.8) is 0 Å². The first-order valence-corrected chi connectivity index (χ1v) is 6.79. The van der Waals surface area contributed by atoms with E-state index < -0.39 is 0 Å². The fourth-order valence-corrected chi connectivity index (χ4v) is 2.52. The third-order valence-corrected chi connectivity index (χ3v) is 4.21. The van der Waals surface area contributed by atoms with Gasteiger partial charge in [0.1, 0.15) is 0 Å². The number of thiophene rings is 1. The molecule has 1 aromatic heterocycles. The van der Waals surface area contributed by atoms with Gasteiger partial charge in [-0.3, -0.25) is 9.59 Å². The summed E-state index contributed by atoms with van der Waals surface area (Å²) in [5, 5.41) is 2.88. The SMILES string of the molecule is CC(=O)c1ccc(C(=O)Nc2cccc(C)c2C)s1. The van der Waals surface area contributed by atoms with Crippen LogP contribution in [0.2, 0.25) is 0 Å². The largest absolute Gasteiger partial charge is 0.321 e. The van der Waals surface area contributed by atoms with Gasteiger partial charge in [0, 0.05) is 5.69 Å². The minimum absolute atomic E-state index is 0.0178. The molecule has 0 spiro atoms. The molecule has 0 aliphatic heterocycles. The van der Waals surface area contributed by atoms with Gasteiger partial charge >= 0.3 is 0 Å². The summed E-state index contributed by atoms with van der Waals surface area (Å²) < 4.78 is 0. The second-order valence-corrected chi connectivity index (χ2v) is 5.51. The molecule has 0 saturated heterocycles. The number of anilines is 1. The predicted octanol–water partition coefficient (Wildman–Crippen LogP) is 3.82. The molecule has 0 radical (unpaired) electrons. The lowest BCUT2D eigenvalue weighted by molar-refractivity contribution is 0.101. The van der Waals surface area contributed by atoms with Gasteiger partial charge in [0.25, 0.3) is 5.91 Å². The van der Waals surface area contributed by atoms with Crippen molar-refractivity contribution < 1.29 is 9.59 Å². The first-order chi connectivity index (χ1) is 8.99. The van der Waals surface area contributed by atoms with Crippen LogP contribution in [-0.2, 0) is 0 Å². The average Bonchev–Trinajstić information content (AvgIpc) is 2.84. The summed E-state index contributed by atoms with van der Waals surface area (Å²) in [7, 11) is 0. The van der Waals surface area contributed by atoms with Crippen molar-refractivity contribution in [1.82, 2.24) is 0 Å². The van der Waals surface area contributed by atoms with Crippen molar-refractivity contribution in [2.75, 3.05) is 5.32 Å². The smallest absolute Gasteiger partial charge is 0.265 e. The summed E-state index contributed by atoms with van der Waals surface area (Å²) in [6, 6.07) is 9.16. The Labute approximate surface area is 116 Å². The molecule has 0 aliphatic carbocycles. The molecular weight excluding hydrogens is 258 g/mol. The molecule has 0 aliphatic rings. The van der Waals surface area contributed by atoms with Crippen molar-refractivity contribution in [1.29, 1.82) is 0 Å². The number of nitrogens with one attached hydrogen (secondary N) is 1. The molecular formula is C15H15NO2S. The van der Waals surface area contributed by atoms with E-state index in [9.17, 15) is 9.59 Å². The van der Waals surface area contributed by atoms with E-state index in [-0.39, 0.29) is 11.7 Å². The van der Waals surface area contributed by atoms with E-state index in [4.69, 9.17) is 0 Å². The Hall–Kier alpha value is -1.94. The zero-order valence-electron chi connectivity index (χ0n) is 11.1. The molecule has 4 heteroatoms. The van der Waals surface area contributed by atoms with Crippen LogP contribution in [0.1, 0.15) is 37.4 Å². The van der Waals surface area contributed by atoms with E-state index in [2.05, 4.69) is 5.32 Å². The van der Waals surface area contributed by atoms with Crippen molar-refractivity contribution in [3.8, 4) is 0 Å². The maximum absolute atomic E-state index is 12.1. The zero-order chi connectivity index (χ0) is 14.0. The highest BCUT2D eigenvalue weighted by Gasteiger charge is 2.12. The monoisotopic (exact) mass is 273 g/mol. The van der Waals surface area contributed by atoms with Crippen LogP contribution in [0.4, 0.5) is 5.69 Å². The van der Waals surface area contributed by atoms with Gasteiger partial charge in [-0.15, -0.1) is 11.3 Å². The lowest BCUT2D eigenvalue weighted by atomic mass is 10.1. The highest BCUT2D eigenvalue weighted by Crippen LogP contribution is 2.21. The van der Waals surface area contributed by atoms with Crippen LogP contribution in [0.5, 0.6) is 0 Å². The van der Waals surface area contributed by atoms with Crippen LogP contribution in [0.15, 0.2) is 30.3 Å². The average molecular weight is 273 g/mol. The van der Waals surface area contributed by atoms with E-state index in [1.165, 1.54) is 18.3 Å². The third-order valence-electron chi connectivity index (χ3n) is 3.03. The van der Waals surface area contributed by atoms with Gasteiger partial charge in [-0.25, -0.2) is 0 Å². The van der Waals surface area contributed by atoms with E-state index in [0.717, 1.165) is 16.8 Å². The Morgan fingerprint density at radius 3 is 2.37 bits per heavy atom. The summed E-state index contributed by atoms with van der Waals surface area (Å²) in [5.74, 6) is -0.193. The summed E-state index contributed by atoms with van der Waals surface area (Å²) >= 11 is 1.22. The first kappa shape index (κ1) is 13.5. The van der Waals surface area contributed by atoms with E-state index in [1.807, 2.05) is 32.0 Å². The van der Waals surface area contributed by atoms with E-state index in [0.29, 0.717) is 9.75 Å². The highest BCUT2D eigenvalue weighted by atomic mass is 32.1. The summed E-state index contributed by atoms with van der Waals surface area (Å²) in [6.07, 6.45) is 0. The number of amides is 1. The molecule has 0 atom stereocenters. The van der Waals surface area contributed by atoms with Crippen LogP contribution in [-0.4, -0.2) is 11.7 Å². The van der Waals surface area contributed by atoms with Crippen molar-refractivity contribution >= 4 is 28.7 Å². The van der Waals surface area contributed by atoms with Crippen molar-refractivity contribution in [2.45, 2.75) is 20.8 Å². The van der Waals surface area contributed by atoms with Gasteiger partial charge in [0.05, 0.1) is 9.75 Å². The van der Waals surface area contributed by atoms with Crippen molar-refractivity contribution in [2.24, 2.45) is 0 Å². The molecule has 2 rings (SSSR count). The second kappa shape index (κ2) is 5.36. The normalized spacial score (nSPS) is 10.3. The Morgan fingerprint density at radius 1 is 1.05 bits per heavy atom. The highest BCUT2D eigenvalue weighted by molar-refractivity contribution is 7.16. The second-order valence-electron chi connectivity index (χ2n) is 4.42. The van der Waals surface area contributed by atoms with Crippen LogP contribution in [0, 0.1) is 13.8 Å². The minimum Gasteiger partial charge on any atom is -0.321 e. The zero-order valence-corrected chi connectivity index (χ0v) is 11.9. The standard InChI is InChI=1S/C15H15NO2S/c1-9-5-4-6-12(10(9)2)16-15(18)14-8-7-13(19-14)11(3)17/h4-8H,1-3H3,(H,16,18). The topological polar surface area (TPSA) is 46.2 Å². The van der Waals surface area contributed by atoms with Gasteiger partial charge in [-0.05, 0) is 50.1 Å². The molecule has 2 aromatic rings. The number of rotatable bonds is 3. The van der Waals surface area contributed by atoms with Gasteiger partial charge in [-0.1, -0.05) is 12.1 Å². The maximum atomic E-state index is 12.1. The molecule has 1 N–H and O–H groups in total. The molecule has 19 heavy (non-hydrogen) atoms. The molecule has 0 saturated carbocycles. The number of ketones is 1. The lowest BCUT2D eigenvalue weighted by Crippen LogP contribution is -2.11. The number of carbonyl (C=O) groups is 2. The Morgan fingerprint density at radius 2 is 1.74 bits per heavy atom. The first-order valence-electron chi connectivity index (χ1n) is 5.97. The Balaban J connectivity index is 2.21. The Kier molecular flexibility index (Phi) is 3.81. The molecule has 0 unspecified atom stereocenters. The molecule has 98 valence electrons. The lowest BCUT2D eigenvalue weighted by Gasteiger charge is -2.09. The van der Waals surface area contributed by atoms with Crippen LogP contribution in [0.25, 0.3) is 0 Å². The number of benzene rings is 1. The number of Topliss-reactive ketones (excluding diaryl/α,β-unsaturated/α-hetero) is 1. The van der Waals surface area contributed by atoms with E-state index >= 15 is 0 Å². The quantitative estimate of drug-likeness (QED) is 0.864. The summed E-state index contributed by atoms with van der Waals surface area (Å²) in [5.41, 5.74) is 3.00. The number of aryl methyl sites for hydroxylation is 1. The predicted molar refractivity (Wildman–Crippen MR) is 78.2 cm³/mol. The molecule has 1 amide bonds. The van der Waals surface area contributed by atoms with Crippen LogP contribution >= 0.6 is 11.3 Å². The van der Waals surface area contributed by atoms with Crippen molar-refractivity contribution in [3.05, 3.63) is 51.2 Å².